The maximum Gasteiger partial charge on any atom is 0.132 e. The molecular formula is C9H6BrClN2. The fourth-order valence-corrected chi connectivity index (χ4v) is 1.84. The second-order valence-electron chi connectivity index (χ2n) is 2.58. The van der Waals surface area contributed by atoms with Gasteiger partial charge in [0.25, 0.3) is 0 Å². The quantitative estimate of drug-likeness (QED) is 0.832. The van der Waals surface area contributed by atoms with Crippen molar-refractivity contribution in [1.82, 2.24) is 10.2 Å². The molecule has 13 heavy (non-hydrogen) atoms. The van der Waals surface area contributed by atoms with Crippen LogP contribution in [0.4, 0.5) is 0 Å². The van der Waals surface area contributed by atoms with E-state index in [-0.39, 0.29) is 0 Å². The van der Waals surface area contributed by atoms with Crippen LogP contribution in [-0.4, -0.2) is 10.2 Å². The SMILES string of the molecule is Clc1[nH]ncc1-c1ccccc1Br. The van der Waals surface area contributed by atoms with Crippen molar-refractivity contribution >= 4 is 27.5 Å². The molecule has 1 heterocycles. The molecule has 0 fully saturated rings. The maximum absolute atomic E-state index is 5.91. The van der Waals surface area contributed by atoms with Gasteiger partial charge < -0.3 is 0 Å². The smallest absolute Gasteiger partial charge is 0.132 e. The Labute approximate surface area is 89.1 Å². The van der Waals surface area contributed by atoms with Crippen molar-refractivity contribution in [1.29, 1.82) is 0 Å². The molecule has 2 nitrogen and oxygen atoms in total. The minimum atomic E-state index is 0.562. The van der Waals surface area contributed by atoms with Gasteiger partial charge in [-0.1, -0.05) is 45.7 Å². The number of aromatic nitrogens is 2. The van der Waals surface area contributed by atoms with Crippen molar-refractivity contribution in [2.24, 2.45) is 0 Å². The zero-order chi connectivity index (χ0) is 9.26. The van der Waals surface area contributed by atoms with Gasteiger partial charge in [0.2, 0.25) is 0 Å². The highest BCUT2D eigenvalue weighted by atomic mass is 79.9. The molecule has 0 saturated heterocycles. The summed E-state index contributed by atoms with van der Waals surface area (Å²) in [5.74, 6) is 0. The number of rotatable bonds is 1. The highest BCUT2D eigenvalue weighted by molar-refractivity contribution is 9.10. The van der Waals surface area contributed by atoms with Crippen molar-refractivity contribution in [3.63, 3.8) is 0 Å². The van der Waals surface area contributed by atoms with Crippen LogP contribution in [0, 0.1) is 0 Å². The Morgan fingerprint density at radius 2 is 2.00 bits per heavy atom. The fraction of sp³-hybridized carbons (Fsp3) is 0. The molecule has 1 N–H and O–H groups in total. The molecule has 0 atom stereocenters. The summed E-state index contributed by atoms with van der Waals surface area (Å²) in [5.41, 5.74) is 1.95. The normalized spacial score (nSPS) is 10.3. The zero-order valence-corrected chi connectivity index (χ0v) is 8.93. The van der Waals surface area contributed by atoms with Crippen LogP contribution in [-0.2, 0) is 0 Å². The Kier molecular flexibility index (Phi) is 2.38. The lowest BCUT2D eigenvalue weighted by atomic mass is 10.1. The Morgan fingerprint density at radius 1 is 1.23 bits per heavy atom. The van der Waals surface area contributed by atoms with Crippen molar-refractivity contribution in [3.05, 3.63) is 40.1 Å². The van der Waals surface area contributed by atoms with Gasteiger partial charge in [0.1, 0.15) is 5.15 Å². The Balaban J connectivity index is 2.59. The zero-order valence-electron chi connectivity index (χ0n) is 6.59. The molecule has 0 bridgehead atoms. The molecule has 1 aromatic heterocycles. The number of H-pyrrole nitrogens is 1. The molecule has 0 spiro atoms. The van der Waals surface area contributed by atoms with E-state index in [1.807, 2.05) is 24.3 Å². The maximum atomic E-state index is 5.91. The van der Waals surface area contributed by atoms with Gasteiger partial charge in [-0.2, -0.15) is 5.10 Å². The number of halogens is 2. The predicted octanol–water partition coefficient (Wildman–Crippen LogP) is 3.49. The highest BCUT2D eigenvalue weighted by Gasteiger charge is 2.07. The van der Waals surface area contributed by atoms with E-state index < -0.39 is 0 Å². The standard InChI is InChI=1S/C9H6BrClN2/c10-8-4-2-1-3-6(8)7-5-12-13-9(7)11/h1-5H,(H,12,13). The van der Waals surface area contributed by atoms with Crippen LogP contribution in [0.5, 0.6) is 0 Å². The van der Waals surface area contributed by atoms with Gasteiger partial charge in [-0.15, -0.1) is 0 Å². The first-order valence-corrected chi connectivity index (χ1v) is 4.90. The van der Waals surface area contributed by atoms with Crippen molar-refractivity contribution < 1.29 is 0 Å². The minimum absolute atomic E-state index is 0.562. The van der Waals surface area contributed by atoms with Gasteiger partial charge >= 0.3 is 0 Å². The number of aromatic amines is 1. The van der Waals surface area contributed by atoms with Gasteiger partial charge in [-0.05, 0) is 6.07 Å². The van der Waals surface area contributed by atoms with Crippen LogP contribution in [0.15, 0.2) is 34.9 Å². The third-order valence-corrected chi connectivity index (χ3v) is 2.74. The van der Waals surface area contributed by atoms with Gasteiger partial charge in [0, 0.05) is 15.6 Å². The minimum Gasteiger partial charge on any atom is -0.267 e. The largest absolute Gasteiger partial charge is 0.267 e. The summed E-state index contributed by atoms with van der Waals surface area (Å²) in [7, 11) is 0. The fourth-order valence-electron chi connectivity index (χ4n) is 1.14. The van der Waals surface area contributed by atoms with Gasteiger partial charge in [-0.3, -0.25) is 5.10 Å². The number of nitrogens with zero attached hydrogens (tertiary/aromatic N) is 1. The molecule has 66 valence electrons. The summed E-state index contributed by atoms with van der Waals surface area (Å²) < 4.78 is 1.01. The van der Waals surface area contributed by atoms with Crippen LogP contribution >= 0.6 is 27.5 Å². The van der Waals surface area contributed by atoms with Gasteiger partial charge in [-0.25, -0.2) is 0 Å². The van der Waals surface area contributed by atoms with E-state index in [2.05, 4.69) is 26.1 Å². The van der Waals surface area contributed by atoms with E-state index in [1.165, 1.54) is 0 Å². The van der Waals surface area contributed by atoms with E-state index in [0.717, 1.165) is 15.6 Å². The lowest BCUT2D eigenvalue weighted by Gasteiger charge is -2.00. The number of nitrogens with one attached hydrogen (secondary N) is 1. The van der Waals surface area contributed by atoms with E-state index in [4.69, 9.17) is 11.6 Å². The third-order valence-electron chi connectivity index (χ3n) is 1.76. The van der Waals surface area contributed by atoms with Crippen molar-refractivity contribution in [2.45, 2.75) is 0 Å². The average molecular weight is 258 g/mol. The Morgan fingerprint density at radius 3 is 2.62 bits per heavy atom. The van der Waals surface area contributed by atoms with Crippen LogP contribution in [0.25, 0.3) is 11.1 Å². The molecule has 0 aliphatic heterocycles. The molecular weight excluding hydrogens is 251 g/mol. The molecule has 2 rings (SSSR count). The van der Waals surface area contributed by atoms with E-state index in [0.29, 0.717) is 5.15 Å². The summed E-state index contributed by atoms with van der Waals surface area (Å²) in [4.78, 5) is 0. The first-order valence-electron chi connectivity index (χ1n) is 3.73. The van der Waals surface area contributed by atoms with Crippen LogP contribution in [0.3, 0.4) is 0 Å². The first-order chi connectivity index (χ1) is 6.29. The van der Waals surface area contributed by atoms with E-state index in [1.54, 1.807) is 6.20 Å². The Hall–Kier alpha value is -0.800. The summed E-state index contributed by atoms with van der Waals surface area (Å²) >= 11 is 9.36. The number of hydrogen-bond acceptors (Lipinski definition) is 1. The van der Waals surface area contributed by atoms with Crippen LogP contribution in [0.1, 0.15) is 0 Å². The van der Waals surface area contributed by atoms with E-state index in [9.17, 15) is 0 Å². The third kappa shape index (κ3) is 1.62. The lowest BCUT2D eigenvalue weighted by molar-refractivity contribution is 1.09. The average Bonchev–Trinajstić information content (AvgIpc) is 2.52. The summed E-state index contributed by atoms with van der Waals surface area (Å²) in [5, 5.41) is 7.11. The second-order valence-corrected chi connectivity index (χ2v) is 3.81. The monoisotopic (exact) mass is 256 g/mol. The molecule has 0 aliphatic rings. The summed E-state index contributed by atoms with van der Waals surface area (Å²) in [6.07, 6.45) is 1.71. The molecule has 4 heteroatoms. The van der Waals surface area contributed by atoms with E-state index >= 15 is 0 Å². The molecule has 0 saturated carbocycles. The topological polar surface area (TPSA) is 28.7 Å². The number of hydrogen-bond donors (Lipinski definition) is 1. The molecule has 1 aromatic carbocycles. The van der Waals surface area contributed by atoms with Crippen LogP contribution < -0.4 is 0 Å². The highest BCUT2D eigenvalue weighted by Crippen LogP contribution is 2.31. The molecule has 0 amide bonds. The molecule has 0 radical (unpaired) electrons. The van der Waals surface area contributed by atoms with Gasteiger partial charge in [0.15, 0.2) is 0 Å². The first kappa shape index (κ1) is 8.78. The predicted molar refractivity (Wildman–Crippen MR) is 56.7 cm³/mol. The van der Waals surface area contributed by atoms with Crippen LogP contribution in [0.2, 0.25) is 5.15 Å². The summed E-state index contributed by atoms with van der Waals surface area (Å²) in [6.45, 7) is 0. The number of benzene rings is 1. The summed E-state index contributed by atoms with van der Waals surface area (Å²) in [6, 6.07) is 7.88. The van der Waals surface area contributed by atoms with Crippen molar-refractivity contribution in [3.8, 4) is 11.1 Å². The molecule has 0 aliphatic carbocycles. The van der Waals surface area contributed by atoms with Crippen molar-refractivity contribution in [2.75, 3.05) is 0 Å². The molecule has 0 unspecified atom stereocenters. The Bertz CT molecular complexity index is 425. The lowest BCUT2D eigenvalue weighted by Crippen LogP contribution is -1.76. The second kappa shape index (κ2) is 3.52. The molecule has 2 aromatic rings. The van der Waals surface area contributed by atoms with Gasteiger partial charge in [0.05, 0.1) is 6.20 Å².